The van der Waals surface area contributed by atoms with Gasteiger partial charge in [-0.3, -0.25) is 14.4 Å². The molecule has 7 nitrogen and oxygen atoms in total. The Morgan fingerprint density at radius 2 is 1.96 bits per heavy atom. The van der Waals surface area contributed by atoms with E-state index >= 15 is 0 Å². The van der Waals surface area contributed by atoms with Crippen molar-refractivity contribution in [2.24, 2.45) is 7.05 Å². The van der Waals surface area contributed by atoms with Gasteiger partial charge in [0.15, 0.2) is 0 Å². The van der Waals surface area contributed by atoms with Crippen LogP contribution in [0.15, 0.2) is 36.5 Å². The molecule has 0 aliphatic carbocycles. The van der Waals surface area contributed by atoms with E-state index in [2.05, 4.69) is 31.2 Å². The monoisotopic (exact) mass is 356 g/mol. The summed E-state index contributed by atoms with van der Waals surface area (Å²) in [7, 11) is 1.76. The smallest absolute Gasteiger partial charge is 0.416 e. The van der Waals surface area contributed by atoms with E-state index < -0.39 is 12.2 Å². The number of anilines is 1. The van der Waals surface area contributed by atoms with E-state index in [-0.39, 0.29) is 17.9 Å². The quantitative estimate of drug-likeness (QED) is 0.913. The molecule has 0 saturated carbocycles. The van der Waals surface area contributed by atoms with Gasteiger partial charge in [0.25, 0.3) is 5.91 Å². The molecule has 2 aromatic rings. The predicted octanol–water partition coefficient (Wildman–Crippen LogP) is 2.47. The molecule has 2 heterocycles. The number of hydrogen-bond donors (Lipinski definition) is 1. The minimum Gasteiger partial charge on any atom is -0.442 e. The minimum atomic E-state index is -0.428. The maximum atomic E-state index is 12.3. The molecular weight excluding hydrogens is 332 g/mol. The van der Waals surface area contributed by atoms with Crippen LogP contribution in [-0.4, -0.2) is 41.0 Å². The lowest BCUT2D eigenvalue weighted by molar-refractivity contribution is 0.0916. The highest BCUT2D eigenvalue weighted by atomic mass is 16.6. The highest BCUT2D eigenvalue weighted by Gasteiger charge is 2.33. The maximum absolute atomic E-state index is 12.3. The summed E-state index contributed by atoms with van der Waals surface area (Å²) in [5.41, 5.74) is 1.80. The molecule has 0 bridgehead atoms. The van der Waals surface area contributed by atoms with Gasteiger partial charge in [-0.15, -0.1) is 0 Å². The average molecular weight is 356 g/mol. The SMILES string of the molecule is Cn1nccc1N1CC(CNC(=O)c2ccc(C(C)(C)C)cc2)OC1=O. The molecular formula is C19H24N4O3. The summed E-state index contributed by atoms with van der Waals surface area (Å²) in [4.78, 5) is 25.9. The predicted molar refractivity (Wildman–Crippen MR) is 98.3 cm³/mol. The highest BCUT2D eigenvalue weighted by molar-refractivity contribution is 5.94. The molecule has 1 aliphatic heterocycles. The lowest BCUT2D eigenvalue weighted by atomic mass is 9.87. The molecule has 1 aromatic heterocycles. The van der Waals surface area contributed by atoms with Gasteiger partial charge in [-0.2, -0.15) is 5.10 Å². The van der Waals surface area contributed by atoms with Crippen LogP contribution in [0.5, 0.6) is 0 Å². The molecule has 1 unspecified atom stereocenters. The Labute approximate surface area is 152 Å². The molecule has 1 fully saturated rings. The zero-order valence-electron chi connectivity index (χ0n) is 15.5. The van der Waals surface area contributed by atoms with Crippen molar-refractivity contribution in [3.63, 3.8) is 0 Å². The zero-order chi connectivity index (χ0) is 18.9. The van der Waals surface area contributed by atoms with Gasteiger partial charge in [-0.25, -0.2) is 4.79 Å². The zero-order valence-corrected chi connectivity index (χ0v) is 15.5. The van der Waals surface area contributed by atoms with Crippen LogP contribution in [0.4, 0.5) is 10.6 Å². The van der Waals surface area contributed by atoms with Gasteiger partial charge < -0.3 is 10.1 Å². The van der Waals surface area contributed by atoms with Crippen molar-refractivity contribution in [1.82, 2.24) is 15.1 Å². The van der Waals surface area contributed by atoms with E-state index in [0.29, 0.717) is 17.9 Å². The number of cyclic esters (lactones) is 1. The Morgan fingerprint density at radius 3 is 2.54 bits per heavy atom. The summed E-state index contributed by atoms with van der Waals surface area (Å²) in [6.45, 7) is 7.03. The number of amides is 2. The number of ether oxygens (including phenoxy) is 1. The Bertz CT molecular complexity index is 805. The number of aromatic nitrogens is 2. The first-order valence-corrected chi connectivity index (χ1v) is 8.60. The maximum Gasteiger partial charge on any atom is 0.416 e. The average Bonchev–Trinajstić information content (AvgIpc) is 3.17. The third-order valence-electron chi connectivity index (χ3n) is 4.45. The number of benzene rings is 1. The number of carbonyl (C=O) groups excluding carboxylic acids is 2. The fraction of sp³-hybridized carbons (Fsp3) is 0.421. The number of aryl methyl sites for hydroxylation is 1. The molecule has 1 N–H and O–H groups in total. The lowest BCUT2D eigenvalue weighted by Gasteiger charge is -2.19. The molecule has 0 radical (unpaired) electrons. The summed E-state index contributed by atoms with van der Waals surface area (Å²) in [6, 6.07) is 9.32. The Morgan fingerprint density at radius 1 is 1.27 bits per heavy atom. The van der Waals surface area contributed by atoms with Crippen LogP contribution in [0.25, 0.3) is 0 Å². The van der Waals surface area contributed by atoms with Crippen molar-refractivity contribution in [3.05, 3.63) is 47.7 Å². The van der Waals surface area contributed by atoms with Crippen LogP contribution < -0.4 is 10.2 Å². The Kier molecular flexibility index (Phi) is 4.71. The number of nitrogens with zero attached hydrogens (tertiary/aromatic N) is 3. The molecule has 0 spiro atoms. The van der Waals surface area contributed by atoms with E-state index in [1.54, 1.807) is 24.0 Å². The first kappa shape index (κ1) is 18.0. The first-order valence-electron chi connectivity index (χ1n) is 8.60. The molecule has 1 aliphatic rings. The molecule has 2 amide bonds. The normalized spacial score (nSPS) is 17.3. The fourth-order valence-corrected chi connectivity index (χ4v) is 2.88. The third-order valence-corrected chi connectivity index (χ3v) is 4.45. The molecule has 1 saturated heterocycles. The van der Waals surface area contributed by atoms with Crippen molar-refractivity contribution in [2.75, 3.05) is 18.0 Å². The van der Waals surface area contributed by atoms with Gasteiger partial charge in [0.1, 0.15) is 11.9 Å². The van der Waals surface area contributed by atoms with E-state index in [0.717, 1.165) is 0 Å². The number of nitrogens with one attached hydrogen (secondary N) is 1. The summed E-state index contributed by atoms with van der Waals surface area (Å²) >= 11 is 0. The lowest BCUT2D eigenvalue weighted by Crippen LogP contribution is -2.35. The summed E-state index contributed by atoms with van der Waals surface area (Å²) < 4.78 is 6.94. The van der Waals surface area contributed by atoms with E-state index in [1.807, 2.05) is 24.3 Å². The van der Waals surface area contributed by atoms with Crippen molar-refractivity contribution in [2.45, 2.75) is 32.3 Å². The molecule has 138 valence electrons. The Balaban J connectivity index is 1.57. The van der Waals surface area contributed by atoms with Gasteiger partial charge in [-0.1, -0.05) is 32.9 Å². The number of carbonyl (C=O) groups is 2. The molecule has 26 heavy (non-hydrogen) atoms. The third kappa shape index (κ3) is 3.71. The number of rotatable bonds is 4. The van der Waals surface area contributed by atoms with Gasteiger partial charge in [0.05, 0.1) is 19.3 Å². The molecule has 3 rings (SSSR count). The van der Waals surface area contributed by atoms with Crippen LogP contribution in [-0.2, 0) is 17.2 Å². The van der Waals surface area contributed by atoms with E-state index in [4.69, 9.17) is 4.74 Å². The summed E-state index contributed by atoms with van der Waals surface area (Å²) in [6.07, 6.45) is 0.802. The van der Waals surface area contributed by atoms with Gasteiger partial charge >= 0.3 is 6.09 Å². The van der Waals surface area contributed by atoms with E-state index in [1.165, 1.54) is 10.5 Å². The molecule has 7 heteroatoms. The fourth-order valence-electron chi connectivity index (χ4n) is 2.88. The first-order chi connectivity index (χ1) is 12.3. The summed E-state index contributed by atoms with van der Waals surface area (Å²) in [5.74, 6) is 0.488. The van der Waals surface area contributed by atoms with Crippen molar-refractivity contribution >= 4 is 17.8 Å². The van der Waals surface area contributed by atoms with Gasteiger partial charge in [0, 0.05) is 18.7 Å². The molecule has 1 aromatic carbocycles. The van der Waals surface area contributed by atoms with Gasteiger partial charge in [0.2, 0.25) is 0 Å². The van der Waals surface area contributed by atoms with Crippen molar-refractivity contribution < 1.29 is 14.3 Å². The van der Waals surface area contributed by atoms with E-state index in [9.17, 15) is 9.59 Å². The van der Waals surface area contributed by atoms with Crippen LogP contribution in [0.3, 0.4) is 0 Å². The Hall–Kier alpha value is -2.83. The van der Waals surface area contributed by atoms with Crippen LogP contribution in [0, 0.1) is 0 Å². The standard InChI is InChI=1S/C19H24N4O3/c1-19(2,3)14-7-5-13(6-8-14)17(24)20-11-15-12-23(18(25)26-15)16-9-10-21-22(16)4/h5-10,15H,11-12H2,1-4H3,(H,20,24). The highest BCUT2D eigenvalue weighted by Crippen LogP contribution is 2.22. The number of hydrogen-bond acceptors (Lipinski definition) is 4. The summed E-state index contributed by atoms with van der Waals surface area (Å²) in [5, 5.41) is 6.89. The second kappa shape index (κ2) is 6.82. The van der Waals surface area contributed by atoms with Crippen molar-refractivity contribution in [1.29, 1.82) is 0 Å². The minimum absolute atomic E-state index is 0.0440. The van der Waals surface area contributed by atoms with Crippen LogP contribution in [0.2, 0.25) is 0 Å². The van der Waals surface area contributed by atoms with Crippen LogP contribution >= 0.6 is 0 Å². The van der Waals surface area contributed by atoms with Gasteiger partial charge in [-0.05, 0) is 23.1 Å². The van der Waals surface area contributed by atoms with Crippen LogP contribution in [0.1, 0.15) is 36.7 Å². The topological polar surface area (TPSA) is 76.5 Å². The second-order valence-corrected chi connectivity index (χ2v) is 7.47. The van der Waals surface area contributed by atoms with Crippen molar-refractivity contribution in [3.8, 4) is 0 Å². The largest absolute Gasteiger partial charge is 0.442 e. The second-order valence-electron chi connectivity index (χ2n) is 7.47. The molecule has 1 atom stereocenters.